The first kappa shape index (κ1) is 22.3. The molecular formula is C21H26FN5O4S. The van der Waals surface area contributed by atoms with Gasteiger partial charge in [0.05, 0.1) is 6.61 Å². The van der Waals surface area contributed by atoms with Crippen LogP contribution in [0.3, 0.4) is 0 Å². The minimum Gasteiger partial charge on any atom is -0.477 e. The van der Waals surface area contributed by atoms with E-state index in [-0.39, 0.29) is 16.6 Å². The highest BCUT2D eigenvalue weighted by molar-refractivity contribution is 7.97. The van der Waals surface area contributed by atoms with Crippen LogP contribution in [0.15, 0.2) is 20.5 Å². The molecule has 1 aromatic rings. The molecule has 3 aliphatic rings. The number of aliphatic imine (C=N–C) groups is 1. The molecule has 0 radical (unpaired) electrons. The van der Waals surface area contributed by atoms with Gasteiger partial charge in [-0.2, -0.15) is 0 Å². The molecule has 0 saturated heterocycles. The first-order valence-electron chi connectivity index (χ1n) is 10.6. The summed E-state index contributed by atoms with van der Waals surface area (Å²) in [7, 11) is -3.81. The molecule has 0 saturated carbocycles. The molecular weight excluding hydrogens is 437 g/mol. The number of nitrogens with two attached hydrogens (primary N) is 1. The van der Waals surface area contributed by atoms with Crippen molar-refractivity contribution < 1.29 is 22.9 Å². The summed E-state index contributed by atoms with van der Waals surface area (Å²) in [5, 5.41) is 2.73. The van der Waals surface area contributed by atoms with Crippen molar-refractivity contribution in [3.05, 3.63) is 39.2 Å². The van der Waals surface area contributed by atoms with Crippen LogP contribution >= 0.6 is 0 Å². The number of hydrogen-bond acceptors (Lipinski definition) is 6. The number of amides is 3. The van der Waals surface area contributed by atoms with Crippen molar-refractivity contribution in [2.45, 2.75) is 51.9 Å². The van der Waals surface area contributed by atoms with Crippen LogP contribution in [0.25, 0.3) is 0 Å². The number of ether oxygens (including phenoxy) is 1. The van der Waals surface area contributed by atoms with E-state index in [4.69, 9.17) is 10.5 Å². The van der Waals surface area contributed by atoms with Crippen molar-refractivity contribution in [2.75, 3.05) is 18.5 Å². The van der Waals surface area contributed by atoms with E-state index in [2.05, 4.69) is 19.4 Å². The molecule has 172 valence electrons. The lowest BCUT2D eigenvalue weighted by atomic mass is 9.98. The molecule has 4 rings (SSSR count). The Balaban J connectivity index is 1.74. The van der Waals surface area contributed by atoms with Crippen LogP contribution in [0.2, 0.25) is 0 Å². The fourth-order valence-corrected chi connectivity index (χ4v) is 5.97. The smallest absolute Gasteiger partial charge is 0.355 e. The summed E-state index contributed by atoms with van der Waals surface area (Å²) in [4.78, 5) is 28.7. The molecule has 11 heteroatoms. The zero-order chi connectivity index (χ0) is 22.9. The van der Waals surface area contributed by atoms with E-state index >= 15 is 0 Å². The van der Waals surface area contributed by atoms with Crippen LogP contribution in [0.1, 0.15) is 48.4 Å². The average Bonchev–Trinajstić information content (AvgIpc) is 3.42. The second kappa shape index (κ2) is 8.89. The highest BCUT2D eigenvalue weighted by atomic mass is 32.2. The Morgan fingerprint density at radius 3 is 2.28 bits per heavy atom. The van der Waals surface area contributed by atoms with Gasteiger partial charge in [-0.15, -0.1) is 4.36 Å². The summed E-state index contributed by atoms with van der Waals surface area (Å²) < 4.78 is 40.0. The molecule has 3 amide bonds. The lowest BCUT2D eigenvalue weighted by Gasteiger charge is -2.19. The van der Waals surface area contributed by atoms with Gasteiger partial charge in [0.15, 0.2) is 9.92 Å². The van der Waals surface area contributed by atoms with Gasteiger partial charge in [0.25, 0.3) is 0 Å². The van der Waals surface area contributed by atoms with Gasteiger partial charge < -0.3 is 15.8 Å². The van der Waals surface area contributed by atoms with Gasteiger partial charge in [-0.1, -0.05) is 0 Å². The molecule has 1 unspecified atom stereocenters. The van der Waals surface area contributed by atoms with Gasteiger partial charge in [0, 0.05) is 31.8 Å². The maximum atomic E-state index is 14.9. The van der Waals surface area contributed by atoms with Crippen LogP contribution in [0.5, 0.6) is 0 Å². The quantitative estimate of drug-likeness (QED) is 0.630. The van der Waals surface area contributed by atoms with E-state index < -0.39 is 21.9 Å². The van der Waals surface area contributed by atoms with E-state index in [1.807, 2.05) is 0 Å². The lowest BCUT2D eigenvalue weighted by Crippen LogP contribution is -2.35. The summed E-state index contributed by atoms with van der Waals surface area (Å²) in [5.74, 6) is -0.841. The number of carbonyl (C=O) groups excluding carboxylic acids is 2. The average molecular weight is 464 g/mol. The number of urea groups is 1. The Morgan fingerprint density at radius 2 is 1.75 bits per heavy atom. The van der Waals surface area contributed by atoms with Crippen molar-refractivity contribution in [2.24, 2.45) is 15.1 Å². The van der Waals surface area contributed by atoms with Crippen LogP contribution < -0.4 is 15.8 Å². The topological polar surface area (TPSA) is 135 Å². The summed E-state index contributed by atoms with van der Waals surface area (Å²) in [6.45, 7) is 1.93. The number of carbonyl (C=O) groups is 2. The third-order valence-electron chi connectivity index (χ3n) is 5.75. The predicted molar refractivity (Wildman–Crippen MR) is 119 cm³/mol. The molecule has 2 aliphatic carbocycles. The minimum atomic E-state index is -3.81. The Kier molecular flexibility index (Phi) is 6.18. The largest absolute Gasteiger partial charge is 0.477 e. The Hall–Kier alpha value is -2.95. The lowest BCUT2D eigenvalue weighted by molar-refractivity contribution is -0.117. The number of benzene rings is 1. The van der Waals surface area contributed by atoms with E-state index in [0.29, 0.717) is 62.1 Å². The number of hydrogen-bond donors (Lipinski definition) is 3. The molecule has 0 spiro atoms. The molecule has 0 fully saturated rings. The van der Waals surface area contributed by atoms with Crippen molar-refractivity contribution in [3.8, 4) is 0 Å². The van der Waals surface area contributed by atoms with E-state index in [1.165, 1.54) is 0 Å². The summed E-state index contributed by atoms with van der Waals surface area (Å²) in [6.07, 6.45) is 5.80. The second-order valence-corrected chi connectivity index (χ2v) is 9.81. The zero-order valence-corrected chi connectivity index (χ0v) is 18.6. The molecule has 1 heterocycles. The number of nitrogens with zero attached hydrogens (tertiary/aromatic N) is 2. The molecule has 0 bridgehead atoms. The van der Waals surface area contributed by atoms with Crippen LogP contribution in [0, 0.1) is 5.82 Å². The van der Waals surface area contributed by atoms with Crippen molar-refractivity contribution in [1.82, 2.24) is 4.72 Å². The normalized spacial score (nSPS) is 19.2. The van der Waals surface area contributed by atoms with Crippen molar-refractivity contribution >= 4 is 33.4 Å². The van der Waals surface area contributed by atoms with E-state index in [1.54, 1.807) is 0 Å². The number of anilines is 1. The monoisotopic (exact) mass is 463 g/mol. The fraction of sp³-hybridized carbons (Fsp3) is 0.476. The van der Waals surface area contributed by atoms with E-state index in [0.717, 1.165) is 37.1 Å². The molecule has 1 atom stereocenters. The van der Waals surface area contributed by atoms with Gasteiger partial charge in [0.2, 0.25) is 11.8 Å². The third kappa shape index (κ3) is 4.08. The molecule has 9 nitrogen and oxygen atoms in total. The van der Waals surface area contributed by atoms with Gasteiger partial charge in [-0.05, 0) is 60.8 Å². The maximum Gasteiger partial charge on any atom is 0.355 e. The Morgan fingerprint density at radius 1 is 1.12 bits per heavy atom. The fourth-order valence-electron chi connectivity index (χ4n) is 4.50. The van der Waals surface area contributed by atoms with Crippen LogP contribution in [-0.4, -0.2) is 35.2 Å². The highest BCUT2D eigenvalue weighted by Gasteiger charge is 2.31. The summed E-state index contributed by atoms with van der Waals surface area (Å²) >= 11 is 0. The summed E-state index contributed by atoms with van der Waals surface area (Å²) in [6, 6.07) is -0.922. The van der Waals surface area contributed by atoms with E-state index in [9.17, 15) is 18.2 Å². The number of halogens is 1. The number of fused-ring (bicyclic) bond motifs is 2. The zero-order valence-electron chi connectivity index (χ0n) is 17.8. The summed E-state index contributed by atoms with van der Waals surface area (Å²) in [5.41, 5.74) is 9.03. The maximum absolute atomic E-state index is 14.9. The van der Waals surface area contributed by atoms with Crippen LogP contribution in [-0.2, 0) is 45.1 Å². The minimum absolute atomic E-state index is 0.0161. The standard InChI is InChI=1S/C21H26FN5O4S/c1-12(28)26-32(30,17(11-23)20-24-9-4-10-31-20)27-21(29)25-19-15-7-2-5-13(15)18(22)14-6-3-8-16(14)19/h11H,2-10,23H2,1H3,(H2,25,26,27,28,29,30)/b17-11+. The predicted octanol–water partition coefficient (Wildman–Crippen LogP) is 2.47. The second-order valence-electron chi connectivity index (χ2n) is 7.94. The first-order chi connectivity index (χ1) is 15.3. The first-order valence-corrected chi connectivity index (χ1v) is 12.2. The number of rotatable bonds is 4. The van der Waals surface area contributed by atoms with Crippen molar-refractivity contribution in [1.29, 1.82) is 0 Å². The Labute approximate surface area is 186 Å². The highest BCUT2D eigenvalue weighted by Crippen LogP contribution is 2.41. The Bertz CT molecular complexity index is 1130. The van der Waals surface area contributed by atoms with Crippen LogP contribution in [0.4, 0.5) is 14.9 Å². The van der Waals surface area contributed by atoms with Gasteiger partial charge in [-0.3, -0.25) is 14.5 Å². The molecule has 1 aliphatic heterocycles. The SMILES string of the molecule is CC(=O)NS(=O)(=NC(=O)Nc1c2c(c(F)c3c1CCC3)CCC2)/C(=C/N)C1=NCCCO1. The molecule has 1 aromatic carbocycles. The molecule has 4 N–H and O–H groups in total. The van der Waals surface area contributed by atoms with Crippen molar-refractivity contribution in [3.63, 3.8) is 0 Å². The van der Waals surface area contributed by atoms with Gasteiger partial charge in [0.1, 0.15) is 10.7 Å². The van der Waals surface area contributed by atoms with Gasteiger partial charge >= 0.3 is 6.03 Å². The number of nitrogens with one attached hydrogen (secondary N) is 2. The molecule has 0 aromatic heterocycles. The van der Waals surface area contributed by atoms with Gasteiger partial charge in [-0.25, -0.2) is 13.4 Å². The molecule has 32 heavy (non-hydrogen) atoms. The third-order valence-corrected chi connectivity index (χ3v) is 7.65.